The molecule has 0 bridgehead atoms. The van der Waals surface area contributed by atoms with Gasteiger partial charge in [0.25, 0.3) is 5.56 Å². The Morgan fingerprint density at radius 1 is 1.29 bits per heavy atom. The predicted molar refractivity (Wildman–Crippen MR) is 67.5 cm³/mol. The van der Waals surface area contributed by atoms with E-state index in [2.05, 4.69) is 4.98 Å². The van der Waals surface area contributed by atoms with Crippen molar-refractivity contribution in [3.63, 3.8) is 0 Å². The zero-order valence-electron chi connectivity index (χ0n) is 9.73. The molecule has 0 radical (unpaired) electrons. The predicted octanol–water partition coefficient (Wildman–Crippen LogP) is 1.61. The molecule has 1 aromatic heterocycles. The molecule has 6 heteroatoms. The lowest BCUT2D eigenvalue weighted by molar-refractivity contribution is 0.397. The van der Waals surface area contributed by atoms with E-state index in [9.17, 15) is 4.79 Å². The minimum atomic E-state index is -0.191. The Kier molecular flexibility index (Phi) is 2.89. The topological polar surface area (TPSA) is 56.2 Å². The first-order chi connectivity index (χ1) is 8.08. The number of methoxy groups -OCH3 is 2. The lowest BCUT2D eigenvalue weighted by Gasteiger charge is -2.09. The molecule has 0 saturated carbocycles. The smallest absolute Gasteiger partial charge is 0.265 e. The third-order valence-electron chi connectivity index (χ3n) is 2.60. The first-order valence-corrected chi connectivity index (χ1v) is 5.34. The molecule has 0 aliphatic heterocycles. The van der Waals surface area contributed by atoms with Gasteiger partial charge >= 0.3 is 0 Å². The lowest BCUT2D eigenvalue weighted by atomic mass is 10.2. The molecule has 0 saturated heterocycles. The standard InChI is InChI=1S/C11H12N2O3S/c1-13-10(14)9-7(12-11(13)17)4-6(15-2)5-8(9)16-3/h4-5H,1-3H3,(H,12,17). The molecule has 1 heterocycles. The van der Waals surface area contributed by atoms with Crippen LogP contribution < -0.4 is 15.0 Å². The van der Waals surface area contributed by atoms with Gasteiger partial charge < -0.3 is 14.5 Å². The summed E-state index contributed by atoms with van der Waals surface area (Å²) in [4.78, 5) is 15.0. The molecule has 0 amide bonds. The maximum atomic E-state index is 12.1. The lowest BCUT2D eigenvalue weighted by Crippen LogP contribution is -2.19. The van der Waals surface area contributed by atoms with Crippen molar-refractivity contribution in [3.8, 4) is 11.5 Å². The van der Waals surface area contributed by atoms with E-state index in [1.165, 1.54) is 11.7 Å². The maximum Gasteiger partial charge on any atom is 0.265 e. The number of H-pyrrole nitrogens is 1. The van der Waals surface area contributed by atoms with E-state index in [-0.39, 0.29) is 5.56 Å². The summed E-state index contributed by atoms with van der Waals surface area (Å²) in [5.41, 5.74) is 0.414. The Morgan fingerprint density at radius 3 is 2.59 bits per heavy atom. The van der Waals surface area contributed by atoms with E-state index in [0.29, 0.717) is 27.2 Å². The molecular formula is C11H12N2O3S. The molecule has 0 unspecified atom stereocenters. The number of hydrogen-bond donors (Lipinski definition) is 1. The van der Waals surface area contributed by atoms with Crippen molar-refractivity contribution in [2.45, 2.75) is 0 Å². The first kappa shape index (κ1) is 11.7. The minimum absolute atomic E-state index is 0.191. The Morgan fingerprint density at radius 2 is 2.00 bits per heavy atom. The largest absolute Gasteiger partial charge is 0.497 e. The van der Waals surface area contributed by atoms with Gasteiger partial charge in [0.2, 0.25) is 0 Å². The van der Waals surface area contributed by atoms with Gasteiger partial charge in [-0.25, -0.2) is 0 Å². The van der Waals surface area contributed by atoms with Gasteiger partial charge in [-0.05, 0) is 12.2 Å². The number of rotatable bonds is 2. The average molecular weight is 252 g/mol. The molecule has 0 fully saturated rings. The Hall–Kier alpha value is -1.82. The number of nitrogens with one attached hydrogen (secondary N) is 1. The van der Waals surface area contributed by atoms with E-state index >= 15 is 0 Å². The summed E-state index contributed by atoms with van der Waals surface area (Å²) in [5.74, 6) is 1.07. The number of aromatic amines is 1. The summed E-state index contributed by atoms with van der Waals surface area (Å²) in [7, 11) is 4.68. The van der Waals surface area contributed by atoms with E-state index in [1.54, 1.807) is 26.3 Å². The molecule has 0 spiro atoms. The van der Waals surface area contributed by atoms with Gasteiger partial charge in [-0.1, -0.05) is 0 Å². The number of nitrogens with zero attached hydrogens (tertiary/aromatic N) is 1. The minimum Gasteiger partial charge on any atom is -0.497 e. The van der Waals surface area contributed by atoms with Crippen LogP contribution in [0.15, 0.2) is 16.9 Å². The van der Waals surface area contributed by atoms with Gasteiger partial charge in [0.05, 0.1) is 19.7 Å². The second kappa shape index (κ2) is 4.21. The zero-order valence-corrected chi connectivity index (χ0v) is 10.6. The Bertz CT molecular complexity index is 687. The normalized spacial score (nSPS) is 10.5. The van der Waals surface area contributed by atoms with Crippen LogP contribution in [0.3, 0.4) is 0 Å². The summed E-state index contributed by atoms with van der Waals surface area (Å²) >= 11 is 5.05. The number of hydrogen-bond acceptors (Lipinski definition) is 4. The molecular weight excluding hydrogens is 240 g/mol. The second-order valence-corrected chi connectivity index (χ2v) is 3.93. The highest BCUT2D eigenvalue weighted by molar-refractivity contribution is 7.71. The van der Waals surface area contributed by atoms with Crippen LogP contribution in [-0.4, -0.2) is 23.8 Å². The molecule has 0 aliphatic carbocycles. The molecule has 0 atom stereocenters. The van der Waals surface area contributed by atoms with Crippen molar-refractivity contribution >= 4 is 23.1 Å². The van der Waals surface area contributed by atoms with Crippen molar-refractivity contribution in [3.05, 3.63) is 27.3 Å². The second-order valence-electron chi connectivity index (χ2n) is 3.55. The number of benzene rings is 1. The fourth-order valence-corrected chi connectivity index (χ4v) is 1.84. The summed E-state index contributed by atoms with van der Waals surface area (Å²) < 4.78 is 12.1. The maximum absolute atomic E-state index is 12.1. The molecule has 90 valence electrons. The van der Waals surface area contributed by atoms with Crippen molar-refractivity contribution in [2.75, 3.05) is 14.2 Å². The van der Waals surface area contributed by atoms with Gasteiger partial charge in [-0.15, -0.1) is 0 Å². The van der Waals surface area contributed by atoms with Crippen LogP contribution in [0, 0.1) is 4.77 Å². The SMILES string of the molecule is COc1cc(OC)c2c(=O)n(C)c(=S)[nH]c2c1. The zero-order chi connectivity index (χ0) is 12.6. The summed E-state index contributed by atoms with van der Waals surface area (Å²) in [6.07, 6.45) is 0. The van der Waals surface area contributed by atoms with Gasteiger partial charge in [0.15, 0.2) is 4.77 Å². The third kappa shape index (κ3) is 1.80. The van der Waals surface area contributed by atoms with Crippen LogP contribution >= 0.6 is 12.2 Å². The van der Waals surface area contributed by atoms with Gasteiger partial charge in [0.1, 0.15) is 16.9 Å². The van der Waals surface area contributed by atoms with Crippen LogP contribution in [0.5, 0.6) is 11.5 Å². The number of fused-ring (bicyclic) bond motifs is 1. The van der Waals surface area contributed by atoms with Gasteiger partial charge in [-0.2, -0.15) is 0 Å². The molecule has 1 N–H and O–H groups in total. The summed E-state index contributed by atoms with van der Waals surface area (Å²) in [6.45, 7) is 0. The van der Waals surface area contributed by atoms with Crippen molar-refractivity contribution in [1.29, 1.82) is 0 Å². The molecule has 17 heavy (non-hydrogen) atoms. The molecule has 5 nitrogen and oxygen atoms in total. The average Bonchev–Trinajstić information content (AvgIpc) is 2.34. The fraction of sp³-hybridized carbons (Fsp3) is 0.273. The van der Waals surface area contributed by atoms with Crippen molar-refractivity contribution in [1.82, 2.24) is 9.55 Å². The molecule has 0 aliphatic rings. The van der Waals surface area contributed by atoms with E-state index in [0.717, 1.165) is 0 Å². The molecule has 1 aromatic carbocycles. The van der Waals surface area contributed by atoms with E-state index < -0.39 is 0 Å². The quantitative estimate of drug-likeness (QED) is 0.825. The van der Waals surface area contributed by atoms with E-state index in [4.69, 9.17) is 21.7 Å². The third-order valence-corrected chi connectivity index (χ3v) is 2.97. The highest BCUT2D eigenvalue weighted by atomic mass is 32.1. The Labute approximate surface area is 103 Å². The van der Waals surface area contributed by atoms with Crippen LogP contribution in [-0.2, 0) is 7.05 Å². The highest BCUT2D eigenvalue weighted by Crippen LogP contribution is 2.27. The molecule has 2 rings (SSSR count). The Balaban J connectivity index is 3.00. The van der Waals surface area contributed by atoms with Crippen LogP contribution in [0.25, 0.3) is 10.9 Å². The van der Waals surface area contributed by atoms with Crippen LogP contribution in [0.1, 0.15) is 0 Å². The van der Waals surface area contributed by atoms with Crippen LogP contribution in [0.2, 0.25) is 0 Å². The van der Waals surface area contributed by atoms with Gasteiger partial charge in [0, 0.05) is 19.2 Å². The summed E-state index contributed by atoms with van der Waals surface area (Å²) in [6, 6.07) is 3.38. The first-order valence-electron chi connectivity index (χ1n) is 4.93. The number of ether oxygens (including phenoxy) is 2. The van der Waals surface area contributed by atoms with Crippen LogP contribution in [0.4, 0.5) is 0 Å². The van der Waals surface area contributed by atoms with Gasteiger partial charge in [-0.3, -0.25) is 9.36 Å². The van der Waals surface area contributed by atoms with Crippen molar-refractivity contribution < 1.29 is 9.47 Å². The highest BCUT2D eigenvalue weighted by Gasteiger charge is 2.11. The van der Waals surface area contributed by atoms with Crippen molar-refractivity contribution in [2.24, 2.45) is 7.05 Å². The molecule has 2 aromatic rings. The van der Waals surface area contributed by atoms with E-state index in [1.807, 2.05) is 0 Å². The monoisotopic (exact) mass is 252 g/mol. The summed E-state index contributed by atoms with van der Waals surface area (Å²) in [5, 5.41) is 0.462. The number of aromatic nitrogens is 2. The fourth-order valence-electron chi connectivity index (χ4n) is 1.65.